The maximum Gasteiger partial charge on any atom is 0.161 e. The molecule has 0 atom stereocenters. The summed E-state index contributed by atoms with van der Waals surface area (Å²) in [6.07, 6.45) is 2.95. The smallest absolute Gasteiger partial charge is 0.161 e. The van der Waals surface area contributed by atoms with Gasteiger partial charge in [-0.3, -0.25) is 0 Å². The van der Waals surface area contributed by atoms with Crippen LogP contribution in [0.5, 0.6) is 11.5 Å². The van der Waals surface area contributed by atoms with Crippen molar-refractivity contribution in [3.05, 3.63) is 23.8 Å². The predicted molar refractivity (Wildman–Crippen MR) is 74.7 cm³/mol. The van der Waals surface area contributed by atoms with E-state index in [1.54, 1.807) is 7.11 Å². The highest BCUT2D eigenvalue weighted by atomic mass is 16.5. The quantitative estimate of drug-likeness (QED) is 0.792. The number of rotatable bonds is 7. The first-order valence-electron chi connectivity index (χ1n) is 6.90. The van der Waals surface area contributed by atoms with Gasteiger partial charge in [-0.05, 0) is 43.9 Å². The Hall–Kier alpha value is -1.26. The van der Waals surface area contributed by atoms with E-state index < -0.39 is 5.60 Å². The van der Waals surface area contributed by atoms with Crippen LogP contribution in [0.1, 0.15) is 31.7 Å². The van der Waals surface area contributed by atoms with E-state index in [1.165, 1.54) is 0 Å². The van der Waals surface area contributed by atoms with Crippen LogP contribution in [0, 0.1) is 0 Å². The molecule has 0 amide bonds. The predicted octanol–water partition coefficient (Wildman–Crippen LogP) is 2.10. The van der Waals surface area contributed by atoms with Crippen LogP contribution in [-0.2, 0) is 6.54 Å². The topological polar surface area (TPSA) is 50.7 Å². The third-order valence-corrected chi connectivity index (χ3v) is 3.60. The Bertz CT molecular complexity index is 416. The van der Waals surface area contributed by atoms with E-state index in [2.05, 4.69) is 5.32 Å². The molecule has 0 heterocycles. The van der Waals surface area contributed by atoms with Crippen LogP contribution in [0.2, 0.25) is 0 Å². The molecule has 0 aliphatic heterocycles. The molecule has 106 valence electrons. The summed E-state index contributed by atoms with van der Waals surface area (Å²) in [5, 5.41) is 13.3. The van der Waals surface area contributed by atoms with Gasteiger partial charge in [0.2, 0.25) is 0 Å². The number of ether oxygens (including phenoxy) is 2. The molecule has 0 spiro atoms. The van der Waals surface area contributed by atoms with Crippen molar-refractivity contribution in [1.82, 2.24) is 5.32 Å². The summed E-state index contributed by atoms with van der Waals surface area (Å²) in [5.41, 5.74) is 0.655. The van der Waals surface area contributed by atoms with E-state index in [0.717, 1.165) is 42.9 Å². The van der Waals surface area contributed by atoms with Crippen molar-refractivity contribution in [2.24, 2.45) is 0 Å². The number of aliphatic hydroxyl groups is 1. The minimum atomic E-state index is -0.477. The van der Waals surface area contributed by atoms with E-state index in [9.17, 15) is 5.11 Å². The Morgan fingerprint density at radius 1 is 1.32 bits per heavy atom. The van der Waals surface area contributed by atoms with Crippen LogP contribution in [0.3, 0.4) is 0 Å². The number of hydrogen-bond acceptors (Lipinski definition) is 4. The van der Waals surface area contributed by atoms with Crippen molar-refractivity contribution in [3.63, 3.8) is 0 Å². The lowest BCUT2D eigenvalue weighted by atomic mass is 9.80. The van der Waals surface area contributed by atoms with Gasteiger partial charge in [-0.15, -0.1) is 0 Å². The van der Waals surface area contributed by atoms with Gasteiger partial charge in [0.1, 0.15) is 0 Å². The third-order valence-electron chi connectivity index (χ3n) is 3.60. The Morgan fingerprint density at radius 2 is 2.11 bits per heavy atom. The van der Waals surface area contributed by atoms with Gasteiger partial charge in [-0.2, -0.15) is 0 Å². The van der Waals surface area contributed by atoms with Crippen molar-refractivity contribution in [2.75, 3.05) is 20.3 Å². The van der Waals surface area contributed by atoms with Crippen molar-refractivity contribution in [2.45, 2.75) is 38.3 Å². The van der Waals surface area contributed by atoms with Gasteiger partial charge in [0.15, 0.2) is 11.5 Å². The van der Waals surface area contributed by atoms with Crippen LogP contribution >= 0.6 is 0 Å². The van der Waals surface area contributed by atoms with Crippen LogP contribution < -0.4 is 14.8 Å². The Balaban J connectivity index is 1.90. The fourth-order valence-corrected chi connectivity index (χ4v) is 2.30. The standard InChI is InChI=1S/C15H23NO3/c1-3-19-14-9-12(5-6-13(14)18-2)10-16-11-15(17)7-4-8-15/h5-6,9,16-17H,3-4,7-8,10-11H2,1-2H3. The average molecular weight is 265 g/mol. The minimum Gasteiger partial charge on any atom is -0.493 e. The molecule has 2 N–H and O–H groups in total. The van der Waals surface area contributed by atoms with Gasteiger partial charge in [-0.1, -0.05) is 6.07 Å². The molecule has 1 aliphatic rings. The van der Waals surface area contributed by atoms with Crippen molar-refractivity contribution in [3.8, 4) is 11.5 Å². The third kappa shape index (κ3) is 3.61. The highest BCUT2D eigenvalue weighted by Gasteiger charge is 2.33. The van der Waals surface area contributed by atoms with Crippen molar-refractivity contribution >= 4 is 0 Å². The van der Waals surface area contributed by atoms with Crippen LogP contribution in [0.25, 0.3) is 0 Å². The molecule has 1 saturated carbocycles. The van der Waals surface area contributed by atoms with Gasteiger partial charge in [0, 0.05) is 13.1 Å². The molecule has 1 aromatic carbocycles. The molecule has 0 radical (unpaired) electrons. The molecular formula is C15H23NO3. The Kier molecular flexibility index (Phi) is 4.66. The van der Waals surface area contributed by atoms with Gasteiger partial charge in [-0.25, -0.2) is 0 Å². The second kappa shape index (κ2) is 6.26. The number of benzene rings is 1. The fourth-order valence-electron chi connectivity index (χ4n) is 2.30. The first-order chi connectivity index (χ1) is 9.17. The van der Waals surface area contributed by atoms with E-state index in [-0.39, 0.29) is 0 Å². The summed E-state index contributed by atoms with van der Waals surface area (Å²) in [4.78, 5) is 0. The Labute approximate surface area is 114 Å². The Morgan fingerprint density at radius 3 is 2.68 bits per heavy atom. The minimum absolute atomic E-state index is 0.477. The monoisotopic (exact) mass is 265 g/mol. The highest BCUT2D eigenvalue weighted by molar-refractivity contribution is 5.42. The molecule has 0 saturated heterocycles. The fraction of sp³-hybridized carbons (Fsp3) is 0.600. The lowest BCUT2D eigenvalue weighted by molar-refractivity contribution is -0.0314. The van der Waals surface area contributed by atoms with Gasteiger partial charge < -0.3 is 19.9 Å². The lowest BCUT2D eigenvalue weighted by Gasteiger charge is -2.36. The van der Waals surface area contributed by atoms with Crippen molar-refractivity contribution < 1.29 is 14.6 Å². The van der Waals surface area contributed by atoms with Gasteiger partial charge >= 0.3 is 0 Å². The molecule has 1 aromatic rings. The summed E-state index contributed by atoms with van der Waals surface area (Å²) in [5.74, 6) is 1.52. The molecular weight excluding hydrogens is 242 g/mol. The maximum absolute atomic E-state index is 10.0. The summed E-state index contributed by atoms with van der Waals surface area (Å²) in [7, 11) is 1.64. The van der Waals surface area contributed by atoms with E-state index in [1.807, 2.05) is 25.1 Å². The number of hydrogen-bond donors (Lipinski definition) is 2. The molecule has 0 aromatic heterocycles. The van der Waals surface area contributed by atoms with E-state index >= 15 is 0 Å². The summed E-state index contributed by atoms with van der Waals surface area (Å²) in [6.45, 7) is 3.96. The van der Waals surface area contributed by atoms with Crippen molar-refractivity contribution in [1.29, 1.82) is 0 Å². The zero-order chi connectivity index (χ0) is 13.7. The maximum atomic E-state index is 10.0. The average Bonchev–Trinajstić information content (AvgIpc) is 2.37. The molecule has 4 nitrogen and oxygen atoms in total. The molecule has 19 heavy (non-hydrogen) atoms. The molecule has 0 bridgehead atoms. The molecule has 1 aliphatic carbocycles. The molecule has 0 unspecified atom stereocenters. The summed E-state index contributed by atoms with van der Waals surface area (Å²) < 4.78 is 10.8. The van der Waals surface area contributed by atoms with E-state index in [0.29, 0.717) is 13.2 Å². The SMILES string of the molecule is CCOc1cc(CNCC2(O)CCC2)ccc1OC. The molecule has 4 heteroatoms. The lowest BCUT2D eigenvalue weighted by Crippen LogP contribution is -2.45. The molecule has 2 rings (SSSR count). The second-order valence-electron chi connectivity index (χ2n) is 5.10. The summed E-state index contributed by atoms with van der Waals surface area (Å²) >= 11 is 0. The largest absolute Gasteiger partial charge is 0.493 e. The first-order valence-corrected chi connectivity index (χ1v) is 6.90. The zero-order valence-corrected chi connectivity index (χ0v) is 11.7. The van der Waals surface area contributed by atoms with Crippen LogP contribution in [0.4, 0.5) is 0 Å². The normalized spacial score (nSPS) is 16.8. The number of nitrogens with one attached hydrogen (secondary N) is 1. The first kappa shape index (κ1) is 14.2. The van der Waals surface area contributed by atoms with Crippen LogP contribution in [0.15, 0.2) is 18.2 Å². The van der Waals surface area contributed by atoms with Gasteiger partial charge in [0.25, 0.3) is 0 Å². The zero-order valence-electron chi connectivity index (χ0n) is 11.7. The molecule has 1 fully saturated rings. The number of methoxy groups -OCH3 is 1. The van der Waals surface area contributed by atoms with Gasteiger partial charge in [0.05, 0.1) is 19.3 Å². The highest BCUT2D eigenvalue weighted by Crippen LogP contribution is 2.31. The van der Waals surface area contributed by atoms with E-state index in [4.69, 9.17) is 9.47 Å². The second-order valence-corrected chi connectivity index (χ2v) is 5.10. The summed E-state index contributed by atoms with van der Waals surface area (Å²) in [6, 6.07) is 5.92. The van der Waals surface area contributed by atoms with Crippen LogP contribution in [-0.4, -0.2) is 31.0 Å².